The van der Waals surface area contributed by atoms with Crippen LogP contribution in [-0.4, -0.2) is 0 Å². The smallest absolute Gasteiger partial charge is 0.101 e. The number of rotatable bonds is 1. The van der Waals surface area contributed by atoms with Gasteiger partial charge in [-0.2, -0.15) is 5.26 Å². The number of thiophene rings is 1. The van der Waals surface area contributed by atoms with Crippen molar-refractivity contribution in [3.05, 3.63) is 33.7 Å². The molecule has 0 bridgehead atoms. The Balaban J connectivity index is 2.91. The number of hydrogen-bond donors (Lipinski definition) is 0. The van der Waals surface area contributed by atoms with Gasteiger partial charge in [0.05, 0.1) is 10.6 Å². The van der Waals surface area contributed by atoms with Crippen LogP contribution in [0.2, 0.25) is 5.02 Å². The van der Waals surface area contributed by atoms with E-state index in [4.69, 9.17) is 16.9 Å². The van der Waals surface area contributed by atoms with Crippen LogP contribution in [0.1, 0.15) is 18.1 Å². The highest BCUT2D eigenvalue weighted by Crippen LogP contribution is 2.32. The van der Waals surface area contributed by atoms with Crippen molar-refractivity contribution in [2.24, 2.45) is 0 Å². The minimum absolute atomic E-state index is 0.569. The number of nitrogens with zero attached hydrogens (tertiary/aromatic N) is 1. The van der Waals surface area contributed by atoms with Crippen LogP contribution in [0.5, 0.6) is 0 Å². The van der Waals surface area contributed by atoms with Gasteiger partial charge in [-0.05, 0) is 34.9 Å². The molecule has 70 valence electrons. The molecule has 0 saturated carbocycles. The molecule has 0 N–H and O–H groups in total. The molecule has 0 saturated heterocycles. The Hall–Kier alpha value is -1.04. The Kier molecular flexibility index (Phi) is 2.45. The number of fused-ring (bicyclic) bond motifs is 1. The molecule has 0 fully saturated rings. The molecule has 0 amide bonds. The van der Waals surface area contributed by atoms with Crippen LogP contribution in [0, 0.1) is 11.3 Å². The van der Waals surface area contributed by atoms with Crippen molar-refractivity contribution in [1.29, 1.82) is 5.26 Å². The van der Waals surface area contributed by atoms with Crippen molar-refractivity contribution in [2.75, 3.05) is 0 Å². The lowest BCUT2D eigenvalue weighted by Crippen LogP contribution is -1.89. The monoisotopic (exact) mass is 221 g/mol. The zero-order chi connectivity index (χ0) is 10.1. The molecule has 3 heteroatoms. The van der Waals surface area contributed by atoms with E-state index in [1.165, 1.54) is 5.39 Å². The largest absolute Gasteiger partial charge is 0.192 e. The normalized spacial score (nSPS) is 10.4. The van der Waals surface area contributed by atoms with Crippen molar-refractivity contribution in [2.45, 2.75) is 13.3 Å². The van der Waals surface area contributed by atoms with E-state index in [9.17, 15) is 0 Å². The molecule has 1 aromatic heterocycles. The van der Waals surface area contributed by atoms with Gasteiger partial charge in [-0.1, -0.05) is 18.5 Å². The van der Waals surface area contributed by atoms with Gasteiger partial charge in [0.1, 0.15) is 6.07 Å². The summed E-state index contributed by atoms with van der Waals surface area (Å²) >= 11 is 7.68. The summed E-state index contributed by atoms with van der Waals surface area (Å²) in [5.74, 6) is 0. The fourth-order valence-corrected chi connectivity index (χ4v) is 2.82. The van der Waals surface area contributed by atoms with Crippen LogP contribution >= 0.6 is 22.9 Å². The second kappa shape index (κ2) is 3.61. The van der Waals surface area contributed by atoms with Crippen molar-refractivity contribution >= 4 is 33.0 Å². The minimum Gasteiger partial charge on any atom is -0.192 e. The van der Waals surface area contributed by atoms with Gasteiger partial charge in [-0.3, -0.25) is 0 Å². The molecule has 0 radical (unpaired) electrons. The van der Waals surface area contributed by atoms with Crippen molar-refractivity contribution < 1.29 is 0 Å². The Labute approximate surface area is 91.5 Å². The van der Waals surface area contributed by atoms with Crippen LogP contribution in [0.3, 0.4) is 0 Å². The summed E-state index contributed by atoms with van der Waals surface area (Å²) in [6.45, 7) is 2.05. The van der Waals surface area contributed by atoms with E-state index in [1.54, 1.807) is 11.3 Å². The first-order chi connectivity index (χ1) is 6.77. The molecule has 1 aromatic carbocycles. The molecule has 1 heterocycles. The number of nitriles is 1. The van der Waals surface area contributed by atoms with Crippen LogP contribution in [0.25, 0.3) is 10.1 Å². The Morgan fingerprint density at radius 3 is 3.00 bits per heavy atom. The van der Waals surface area contributed by atoms with E-state index >= 15 is 0 Å². The second-order valence-corrected chi connectivity index (χ2v) is 4.36. The lowest BCUT2D eigenvalue weighted by molar-refractivity contribution is 1.15. The van der Waals surface area contributed by atoms with E-state index < -0.39 is 0 Å². The van der Waals surface area contributed by atoms with Crippen molar-refractivity contribution in [1.82, 2.24) is 0 Å². The number of hydrogen-bond acceptors (Lipinski definition) is 2. The molecular formula is C11H8ClNS. The third kappa shape index (κ3) is 1.30. The second-order valence-electron chi connectivity index (χ2n) is 3.01. The lowest BCUT2D eigenvalue weighted by atomic mass is 10.0. The zero-order valence-corrected chi connectivity index (χ0v) is 9.25. The first-order valence-corrected chi connectivity index (χ1v) is 5.62. The SMILES string of the molecule is CCc1c(C#N)c(Cl)cc2sccc12. The fourth-order valence-electron chi connectivity index (χ4n) is 1.64. The summed E-state index contributed by atoms with van der Waals surface area (Å²) in [6, 6.07) is 6.10. The van der Waals surface area contributed by atoms with Gasteiger partial charge in [0, 0.05) is 4.70 Å². The third-order valence-electron chi connectivity index (χ3n) is 2.28. The zero-order valence-electron chi connectivity index (χ0n) is 7.67. The standard InChI is InChI=1S/C11H8ClNS/c1-2-7-8-3-4-14-11(8)5-10(12)9(7)6-13/h3-5H,2H2,1H3. The Morgan fingerprint density at radius 2 is 2.36 bits per heavy atom. The van der Waals surface area contributed by atoms with Crippen molar-refractivity contribution in [3.8, 4) is 6.07 Å². The minimum atomic E-state index is 0.569. The van der Waals surface area contributed by atoms with E-state index in [0.717, 1.165) is 16.7 Å². The summed E-state index contributed by atoms with van der Waals surface area (Å²) in [5.41, 5.74) is 1.69. The van der Waals surface area contributed by atoms with E-state index in [-0.39, 0.29) is 0 Å². The quantitative estimate of drug-likeness (QED) is 0.715. The molecular weight excluding hydrogens is 214 g/mol. The topological polar surface area (TPSA) is 23.8 Å². The molecule has 0 spiro atoms. The highest BCUT2D eigenvalue weighted by Gasteiger charge is 2.10. The van der Waals surface area contributed by atoms with Gasteiger partial charge in [0.15, 0.2) is 0 Å². The first-order valence-electron chi connectivity index (χ1n) is 4.36. The van der Waals surface area contributed by atoms with Crippen molar-refractivity contribution in [3.63, 3.8) is 0 Å². The maximum atomic E-state index is 9.00. The predicted octanol–water partition coefficient (Wildman–Crippen LogP) is 3.99. The summed E-state index contributed by atoms with van der Waals surface area (Å²) in [4.78, 5) is 0. The molecule has 0 unspecified atom stereocenters. The highest BCUT2D eigenvalue weighted by molar-refractivity contribution is 7.17. The highest BCUT2D eigenvalue weighted by atomic mass is 35.5. The summed E-state index contributed by atoms with van der Waals surface area (Å²) in [7, 11) is 0. The third-order valence-corrected chi connectivity index (χ3v) is 3.45. The van der Waals surface area contributed by atoms with Gasteiger partial charge in [0.2, 0.25) is 0 Å². The predicted molar refractivity (Wildman–Crippen MR) is 60.9 cm³/mol. The van der Waals surface area contributed by atoms with Gasteiger partial charge >= 0.3 is 0 Å². The Bertz CT molecular complexity index is 522. The maximum Gasteiger partial charge on any atom is 0.101 e. The molecule has 2 aromatic rings. The van der Waals surface area contributed by atoms with Crippen LogP contribution in [0.4, 0.5) is 0 Å². The average Bonchev–Trinajstić information content (AvgIpc) is 2.62. The maximum absolute atomic E-state index is 9.00. The molecule has 14 heavy (non-hydrogen) atoms. The average molecular weight is 222 g/mol. The van der Waals surface area contributed by atoms with Gasteiger partial charge in [-0.25, -0.2) is 0 Å². The molecule has 0 aliphatic rings. The lowest BCUT2D eigenvalue weighted by Gasteiger charge is -2.04. The van der Waals surface area contributed by atoms with Gasteiger partial charge in [-0.15, -0.1) is 11.3 Å². The number of aryl methyl sites for hydroxylation is 1. The van der Waals surface area contributed by atoms with E-state index in [2.05, 4.69) is 12.1 Å². The molecule has 0 atom stereocenters. The van der Waals surface area contributed by atoms with E-state index in [0.29, 0.717) is 10.6 Å². The Morgan fingerprint density at radius 1 is 1.57 bits per heavy atom. The van der Waals surface area contributed by atoms with Crippen LogP contribution < -0.4 is 0 Å². The molecule has 0 aliphatic carbocycles. The molecule has 0 aliphatic heterocycles. The summed E-state index contributed by atoms with van der Waals surface area (Å²) < 4.78 is 1.16. The number of benzene rings is 1. The van der Waals surface area contributed by atoms with Gasteiger partial charge in [0.25, 0.3) is 0 Å². The van der Waals surface area contributed by atoms with Crippen LogP contribution in [-0.2, 0) is 6.42 Å². The van der Waals surface area contributed by atoms with Gasteiger partial charge < -0.3 is 0 Å². The fraction of sp³-hybridized carbons (Fsp3) is 0.182. The van der Waals surface area contributed by atoms with E-state index in [1.807, 2.05) is 18.4 Å². The molecule has 1 nitrogen and oxygen atoms in total. The molecule has 2 rings (SSSR count). The first kappa shape index (κ1) is 9.51. The number of halogens is 1. The summed E-state index contributed by atoms with van der Waals surface area (Å²) in [6.07, 6.45) is 0.844. The van der Waals surface area contributed by atoms with Crippen LogP contribution in [0.15, 0.2) is 17.5 Å². The summed E-state index contributed by atoms with van der Waals surface area (Å²) in [5, 5.41) is 12.8.